The van der Waals surface area contributed by atoms with Crippen molar-refractivity contribution in [3.05, 3.63) is 0 Å². The van der Waals surface area contributed by atoms with Gasteiger partial charge in [0.25, 0.3) is 0 Å². The first-order valence-corrected chi connectivity index (χ1v) is 27.4. The normalized spacial score (nSPS) is 16.5. The molecule has 0 spiro atoms. The fourth-order valence-corrected chi connectivity index (χ4v) is 8.95. The lowest BCUT2D eigenvalue weighted by Gasteiger charge is -2.22. The summed E-state index contributed by atoms with van der Waals surface area (Å²) >= 11 is 0. The van der Waals surface area contributed by atoms with E-state index in [4.69, 9.17) is 18.9 Å². The van der Waals surface area contributed by atoms with Gasteiger partial charge >= 0.3 is 17.9 Å². The van der Waals surface area contributed by atoms with Gasteiger partial charge in [0.2, 0.25) is 0 Å². The largest absolute Gasteiger partial charge is 0.465 e. The summed E-state index contributed by atoms with van der Waals surface area (Å²) in [7, 11) is 3.86. The zero-order valence-electron chi connectivity index (χ0n) is 42.9. The number of rotatable bonds is 46. The lowest BCUT2D eigenvalue weighted by Crippen LogP contribution is -2.38. The number of hydrogen-bond acceptors (Lipinski definition) is 10. The van der Waals surface area contributed by atoms with Crippen LogP contribution in [0.4, 0.5) is 0 Å². The Labute approximate surface area is 394 Å². The molecule has 0 bridgehead atoms. The smallest absolute Gasteiger partial charge is 0.323 e. The van der Waals surface area contributed by atoms with Crippen LogP contribution in [0.25, 0.3) is 0 Å². The number of esters is 3. The molecule has 0 radical (unpaired) electrons. The highest BCUT2D eigenvalue weighted by atomic mass is 16.6. The number of unbranched alkanes of at least 4 members (excludes halogenated alkanes) is 23. The van der Waals surface area contributed by atoms with E-state index in [9.17, 15) is 19.5 Å². The minimum Gasteiger partial charge on any atom is -0.465 e. The molecule has 10 nitrogen and oxygen atoms in total. The van der Waals surface area contributed by atoms with E-state index in [1.807, 2.05) is 19.0 Å². The van der Waals surface area contributed by atoms with Gasteiger partial charge in [0, 0.05) is 25.9 Å². The summed E-state index contributed by atoms with van der Waals surface area (Å²) in [5.41, 5.74) is 0. The molecular formula is C54H104N2O8. The molecule has 1 saturated heterocycles. The Balaban J connectivity index is 2.44. The Bertz CT molecular complexity index is 1080. The molecule has 1 N–H and O–H groups in total. The predicted molar refractivity (Wildman–Crippen MR) is 264 cm³/mol. The summed E-state index contributed by atoms with van der Waals surface area (Å²) in [6, 6.07) is -0.439. The molecule has 10 heteroatoms. The Hall–Kier alpha value is -1.75. The second-order valence-corrected chi connectivity index (χ2v) is 19.6. The van der Waals surface area contributed by atoms with Crippen molar-refractivity contribution >= 4 is 17.9 Å². The number of hydrogen-bond donors (Lipinski definition) is 1. The van der Waals surface area contributed by atoms with Gasteiger partial charge in [-0.1, -0.05) is 175 Å². The van der Waals surface area contributed by atoms with Crippen LogP contribution in [0.2, 0.25) is 0 Å². The van der Waals surface area contributed by atoms with E-state index in [1.54, 1.807) is 0 Å². The summed E-state index contributed by atoms with van der Waals surface area (Å²) < 4.78 is 23.7. The summed E-state index contributed by atoms with van der Waals surface area (Å²) in [6.45, 7) is 11.1. The predicted octanol–water partition coefficient (Wildman–Crippen LogP) is 13.4. The van der Waals surface area contributed by atoms with Crippen LogP contribution in [0.15, 0.2) is 0 Å². The van der Waals surface area contributed by atoms with E-state index in [0.29, 0.717) is 51.9 Å². The Kier molecular flexibility index (Phi) is 40.1. The van der Waals surface area contributed by atoms with Crippen molar-refractivity contribution in [3.63, 3.8) is 0 Å². The molecule has 0 aliphatic carbocycles. The maximum atomic E-state index is 13.4. The minimum atomic E-state index is -0.694. The molecule has 1 fully saturated rings. The highest BCUT2D eigenvalue weighted by Gasteiger charge is 2.39. The highest BCUT2D eigenvalue weighted by Crippen LogP contribution is 2.24. The van der Waals surface area contributed by atoms with Gasteiger partial charge in [-0.05, 0) is 84.8 Å². The SMILES string of the molecule is CCCCCCCCCCC(CC)OC(=O)CCCCCN1C[C@@H](OC(=O)CCN(C)C)C[C@H]1C(=O)OCCCCCCCC(O)OC(CCCCCCCC)CCCCCCCC. The van der Waals surface area contributed by atoms with Crippen molar-refractivity contribution in [2.75, 3.05) is 40.3 Å². The van der Waals surface area contributed by atoms with Crippen LogP contribution >= 0.6 is 0 Å². The van der Waals surface area contributed by atoms with Crippen LogP contribution in [-0.2, 0) is 33.3 Å². The van der Waals surface area contributed by atoms with E-state index in [-0.39, 0.29) is 36.2 Å². The molecule has 0 aromatic heterocycles. The van der Waals surface area contributed by atoms with Gasteiger partial charge in [-0.15, -0.1) is 0 Å². The van der Waals surface area contributed by atoms with Crippen molar-refractivity contribution < 1.29 is 38.4 Å². The molecular weight excluding hydrogens is 805 g/mol. The van der Waals surface area contributed by atoms with Crippen LogP contribution in [0.5, 0.6) is 0 Å². The third kappa shape index (κ3) is 34.5. The molecule has 0 aromatic rings. The average Bonchev–Trinajstić information content (AvgIpc) is 3.68. The Morgan fingerprint density at radius 1 is 0.578 bits per heavy atom. The number of likely N-dealkylation sites (tertiary alicyclic amines) is 1. The summed E-state index contributed by atoms with van der Waals surface area (Å²) in [5.74, 6) is -0.583. The summed E-state index contributed by atoms with van der Waals surface area (Å²) in [5, 5.41) is 10.8. The van der Waals surface area contributed by atoms with E-state index in [2.05, 4.69) is 32.6 Å². The minimum absolute atomic E-state index is 0.0114. The second kappa shape index (κ2) is 42.6. The first-order chi connectivity index (χ1) is 31.1. The monoisotopic (exact) mass is 909 g/mol. The second-order valence-electron chi connectivity index (χ2n) is 19.6. The van der Waals surface area contributed by atoms with Gasteiger partial charge in [-0.2, -0.15) is 0 Å². The van der Waals surface area contributed by atoms with Gasteiger partial charge in [0.15, 0.2) is 6.29 Å². The standard InChI is InChI=1S/C54H104N2O8/c1-7-11-14-17-20-21-25-29-36-47(10-4)62-51(57)40-33-28-34-42-56-46-49(64-53(59)41-43-55(5)6)45-50(56)54(60)61-44-35-27-22-26-32-39-52(58)63-48(37-30-23-18-15-12-8-2)38-31-24-19-16-13-9-3/h47-50,52,58H,7-46H2,1-6H3/t47?,49-,50-,52?/m0/s1. The fourth-order valence-electron chi connectivity index (χ4n) is 8.95. The first-order valence-electron chi connectivity index (χ1n) is 27.4. The molecule has 1 heterocycles. The molecule has 0 aromatic carbocycles. The van der Waals surface area contributed by atoms with Gasteiger partial charge in [0.05, 0.1) is 19.1 Å². The van der Waals surface area contributed by atoms with E-state index in [1.165, 1.54) is 122 Å². The Morgan fingerprint density at radius 3 is 1.59 bits per heavy atom. The molecule has 1 aliphatic rings. The number of carbonyl (C=O) groups is 3. The molecule has 0 saturated carbocycles. The quantitative estimate of drug-likeness (QED) is 0.0274. The Morgan fingerprint density at radius 2 is 1.06 bits per heavy atom. The van der Waals surface area contributed by atoms with Gasteiger partial charge in [0.1, 0.15) is 18.2 Å². The molecule has 1 aliphatic heterocycles. The first kappa shape index (κ1) is 60.3. The third-order valence-corrected chi connectivity index (χ3v) is 13.1. The van der Waals surface area contributed by atoms with Crippen molar-refractivity contribution in [1.82, 2.24) is 9.80 Å². The van der Waals surface area contributed by atoms with Crippen LogP contribution in [0, 0.1) is 0 Å². The molecule has 0 amide bonds. The lowest BCUT2D eigenvalue weighted by molar-refractivity contribution is -0.151. The number of nitrogens with zero attached hydrogens (tertiary/aromatic N) is 2. The number of aliphatic hydroxyl groups is 1. The molecule has 2 unspecified atom stereocenters. The number of carbonyl (C=O) groups excluding carboxylic acids is 3. The van der Waals surface area contributed by atoms with Gasteiger partial charge < -0.3 is 29.0 Å². The maximum Gasteiger partial charge on any atom is 0.323 e. The van der Waals surface area contributed by atoms with Gasteiger partial charge in [-0.3, -0.25) is 19.3 Å². The maximum absolute atomic E-state index is 13.4. The van der Waals surface area contributed by atoms with E-state index >= 15 is 0 Å². The van der Waals surface area contributed by atoms with E-state index < -0.39 is 12.3 Å². The van der Waals surface area contributed by atoms with Crippen LogP contribution < -0.4 is 0 Å². The van der Waals surface area contributed by atoms with Crippen LogP contribution in [0.3, 0.4) is 0 Å². The van der Waals surface area contributed by atoms with Crippen molar-refractivity contribution in [2.45, 2.75) is 289 Å². The molecule has 1 rings (SSSR count). The van der Waals surface area contributed by atoms with Crippen LogP contribution in [0.1, 0.15) is 259 Å². The highest BCUT2D eigenvalue weighted by molar-refractivity contribution is 5.76. The molecule has 64 heavy (non-hydrogen) atoms. The number of ether oxygens (including phenoxy) is 4. The lowest BCUT2D eigenvalue weighted by atomic mass is 10.0. The molecule has 4 atom stereocenters. The van der Waals surface area contributed by atoms with Crippen molar-refractivity contribution in [2.24, 2.45) is 0 Å². The fraction of sp³-hybridized carbons (Fsp3) is 0.944. The van der Waals surface area contributed by atoms with Crippen LogP contribution in [-0.4, -0.2) is 104 Å². The topological polar surface area (TPSA) is 115 Å². The molecule has 378 valence electrons. The summed E-state index contributed by atoms with van der Waals surface area (Å²) in [4.78, 5) is 42.7. The zero-order valence-corrected chi connectivity index (χ0v) is 42.9. The average molecular weight is 909 g/mol. The summed E-state index contributed by atoms with van der Waals surface area (Å²) in [6.07, 6.45) is 37.6. The third-order valence-electron chi connectivity index (χ3n) is 13.1. The number of aliphatic hydroxyl groups excluding tert-OH is 1. The zero-order chi connectivity index (χ0) is 46.9. The van der Waals surface area contributed by atoms with Crippen molar-refractivity contribution in [1.29, 1.82) is 0 Å². The van der Waals surface area contributed by atoms with E-state index in [0.717, 1.165) is 83.5 Å². The van der Waals surface area contributed by atoms with Crippen molar-refractivity contribution in [3.8, 4) is 0 Å². The van der Waals surface area contributed by atoms with Gasteiger partial charge in [-0.25, -0.2) is 0 Å².